The first-order valence-corrected chi connectivity index (χ1v) is 8.89. The van der Waals surface area contributed by atoms with Crippen LogP contribution in [0.3, 0.4) is 0 Å². The Morgan fingerprint density at radius 1 is 1.07 bits per heavy atom. The summed E-state index contributed by atoms with van der Waals surface area (Å²) in [5.41, 5.74) is 0. The molecule has 0 aliphatic carbocycles. The smallest absolute Gasteiger partial charge is 0.0677 e. The van der Waals surface area contributed by atoms with Crippen molar-refractivity contribution >= 4 is 18.1 Å². The molecule has 0 bridgehead atoms. The number of rotatable bonds is 8. The van der Waals surface area contributed by atoms with E-state index in [1.807, 2.05) is 0 Å². The first-order valence-electron chi connectivity index (χ1n) is 5.80. The molecule has 14 heavy (non-hydrogen) atoms. The molecule has 0 aromatic heterocycles. The topological polar surface area (TPSA) is 9.23 Å². The van der Waals surface area contributed by atoms with Crippen molar-refractivity contribution in [1.29, 1.82) is 0 Å². The van der Waals surface area contributed by atoms with Crippen molar-refractivity contribution < 1.29 is 4.52 Å². The molecule has 0 aliphatic rings. The van der Waals surface area contributed by atoms with Crippen LogP contribution >= 0.6 is 6.26 Å². The molecule has 86 valence electrons. The van der Waals surface area contributed by atoms with E-state index in [9.17, 15) is 0 Å². The van der Waals surface area contributed by atoms with Gasteiger partial charge in [-0.3, -0.25) is 0 Å². The second-order valence-corrected chi connectivity index (χ2v) is 8.85. The fraction of sp³-hybridized carbons (Fsp3) is 1.00. The average molecular weight is 236 g/mol. The van der Waals surface area contributed by atoms with Gasteiger partial charge in [-0.25, -0.2) is 0 Å². The van der Waals surface area contributed by atoms with Crippen LogP contribution in [0.15, 0.2) is 0 Å². The van der Waals surface area contributed by atoms with Crippen molar-refractivity contribution in [3.05, 3.63) is 0 Å². The molecule has 0 heterocycles. The minimum Gasteiger partial charge on any atom is -0.348 e. The maximum atomic E-state index is 5.97. The maximum Gasteiger partial charge on any atom is 0.0677 e. The minimum atomic E-state index is -1.48. The first kappa shape index (κ1) is 14.6. The molecule has 0 fully saturated rings. The Morgan fingerprint density at radius 3 is 1.79 bits per heavy atom. The molecule has 0 aromatic carbocycles. The van der Waals surface area contributed by atoms with E-state index in [1.165, 1.54) is 25.7 Å². The van der Waals surface area contributed by atoms with Gasteiger partial charge in [-0.15, -0.1) is 0 Å². The SMILES string of the molecule is CCCCP(=S)(CCCC)OC(C)C. The molecular weight excluding hydrogens is 211 g/mol. The number of unbranched alkanes of at least 4 members (excludes halogenated alkanes) is 2. The summed E-state index contributed by atoms with van der Waals surface area (Å²) < 4.78 is 5.97. The number of hydrogen-bond acceptors (Lipinski definition) is 2. The highest BCUT2D eigenvalue weighted by molar-refractivity contribution is 8.12. The van der Waals surface area contributed by atoms with Crippen LogP contribution in [0.1, 0.15) is 53.4 Å². The Labute approximate surface area is 94.7 Å². The molecule has 0 spiro atoms. The molecule has 0 unspecified atom stereocenters. The quantitative estimate of drug-likeness (QED) is 0.577. The van der Waals surface area contributed by atoms with Gasteiger partial charge in [0, 0.05) is 0 Å². The standard InChI is InChI=1S/C11H25OPS/c1-5-7-9-13(14,10-8-6-2)12-11(3)4/h11H,5-10H2,1-4H3. The molecule has 3 heteroatoms. The summed E-state index contributed by atoms with van der Waals surface area (Å²) in [5.74, 6) is 0. The van der Waals surface area contributed by atoms with Crippen molar-refractivity contribution in [2.45, 2.75) is 59.5 Å². The van der Waals surface area contributed by atoms with Crippen molar-refractivity contribution in [1.82, 2.24) is 0 Å². The highest BCUT2D eigenvalue weighted by Gasteiger charge is 2.17. The fourth-order valence-corrected chi connectivity index (χ4v) is 5.49. The lowest BCUT2D eigenvalue weighted by Crippen LogP contribution is -2.06. The van der Waals surface area contributed by atoms with Gasteiger partial charge >= 0.3 is 0 Å². The highest BCUT2D eigenvalue weighted by Crippen LogP contribution is 2.50. The third-order valence-corrected chi connectivity index (χ3v) is 6.26. The zero-order chi connectivity index (χ0) is 11.0. The predicted octanol–water partition coefficient (Wildman–Crippen LogP) is 4.41. The van der Waals surface area contributed by atoms with Crippen LogP contribution in [0.4, 0.5) is 0 Å². The van der Waals surface area contributed by atoms with Crippen LogP contribution in [0.5, 0.6) is 0 Å². The van der Waals surface area contributed by atoms with Crippen LogP contribution in [0.2, 0.25) is 0 Å². The molecule has 0 radical (unpaired) electrons. The molecule has 0 aromatic rings. The molecule has 0 N–H and O–H groups in total. The van der Waals surface area contributed by atoms with Gasteiger partial charge in [-0.1, -0.05) is 38.5 Å². The first-order chi connectivity index (χ1) is 6.54. The summed E-state index contributed by atoms with van der Waals surface area (Å²) >= 11 is 5.70. The van der Waals surface area contributed by atoms with Crippen molar-refractivity contribution in [2.75, 3.05) is 12.3 Å². The average Bonchev–Trinajstić information content (AvgIpc) is 2.11. The Balaban J connectivity index is 4.11. The van der Waals surface area contributed by atoms with E-state index in [1.54, 1.807) is 0 Å². The molecule has 0 saturated heterocycles. The van der Waals surface area contributed by atoms with Crippen LogP contribution < -0.4 is 0 Å². The van der Waals surface area contributed by atoms with E-state index in [0.717, 1.165) is 12.3 Å². The summed E-state index contributed by atoms with van der Waals surface area (Å²) in [4.78, 5) is 0. The maximum absolute atomic E-state index is 5.97. The lowest BCUT2D eigenvalue weighted by Gasteiger charge is -2.24. The van der Waals surface area contributed by atoms with Gasteiger partial charge in [-0.2, -0.15) is 0 Å². The normalized spacial score (nSPS) is 12.4. The van der Waals surface area contributed by atoms with Gasteiger partial charge < -0.3 is 4.52 Å². The van der Waals surface area contributed by atoms with E-state index in [-0.39, 0.29) is 0 Å². The van der Waals surface area contributed by atoms with Crippen molar-refractivity contribution in [2.24, 2.45) is 0 Å². The molecule has 0 amide bonds. The van der Waals surface area contributed by atoms with Crippen molar-refractivity contribution in [3.63, 3.8) is 0 Å². The van der Waals surface area contributed by atoms with Gasteiger partial charge in [0.15, 0.2) is 0 Å². The Morgan fingerprint density at radius 2 is 1.50 bits per heavy atom. The summed E-state index contributed by atoms with van der Waals surface area (Å²) in [7, 11) is 0. The van der Waals surface area contributed by atoms with E-state index >= 15 is 0 Å². The van der Waals surface area contributed by atoms with E-state index in [4.69, 9.17) is 16.3 Å². The van der Waals surface area contributed by atoms with Gasteiger partial charge in [0.2, 0.25) is 0 Å². The molecule has 0 atom stereocenters. The molecular formula is C11H25OPS. The molecule has 0 saturated carbocycles. The molecule has 0 rings (SSSR count). The number of hydrogen-bond donors (Lipinski definition) is 0. The monoisotopic (exact) mass is 236 g/mol. The zero-order valence-electron chi connectivity index (χ0n) is 10.1. The van der Waals surface area contributed by atoms with E-state index < -0.39 is 6.26 Å². The Bertz CT molecular complexity index is 168. The third kappa shape index (κ3) is 6.98. The zero-order valence-corrected chi connectivity index (χ0v) is 11.8. The van der Waals surface area contributed by atoms with Crippen LogP contribution in [-0.2, 0) is 16.3 Å². The van der Waals surface area contributed by atoms with E-state index in [2.05, 4.69) is 27.7 Å². The summed E-state index contributed by atoms with van der Waals surface area (Å²) in [6.45, 7) is 8.63. The molecule has 1 nitrogen and oxygen atoms in total. The van der Waals surface area contributed by atoms with E-state index in [0.29, 0.717) is 6.10 Å². The highest BCUT2D eigenvalue weighted by atomic mass is 32.4. The predicted molar refractivity (Wildman–Crippen MR) is 70.1 cm³/mol. The third-order valence-electron chi connectivity index (χ3n) is 2.11. The Hall–Kier alpha value is 0.610. The van der Waals surface area contributed by atoms with Gasteiger partial charge in [0.25, 0.3) is 0 Å². The molecule has 0 aliphatic heterocycles. The minimum absolute atomic E-state index is 0.301. The Kier molecular flexibility index (Phi) is 8.19. The second-order valence-electron chi connectivity index (χ2n) is 4.12. The van der Waals surface area contributed by atoms with Crippen LogP contribution in [-0.4, -0.2) is 18.4 Å². The summed E-state index contributed by atoms with van der Waals surface area (Å²) in [5, 5.41) is 0. The van der Waals surface area contributed by atoms with Gasteiger partial charge in [0.05, 0.1) is 12.4 Å². The second kappa shape index (κ2) is 7.84. The fourth-order valence-electron chi connectivity index (χ4n) is 1.40. The largest absolute Gasteiger partial charge is 0.348 e. The summed E-state index contributed by atoms with van der Waals surface area (Å²) in [6.07, 6.45) is 6.01. The van der Waals surface area contributed by atoms with Crippen molar-refractivity contribution in [3.8, 4) is 0 Å². The summed E-state index contributed by atoms with van der Waals surface area (Å²) in [6, 6.07) is 0. The van der Waals surface area contributed by atoms with Crippen LogP contribution in [0.25, 0.3) is 0 Å². The van der Waals surface area contributed by atoms with Gasteiger partial charge in [0.1, 0.15) is 0 Å². The van der Waals surface area contributed by atoms with Crippen LogP contribution in [0, 0.1) is 0 Å². The van der Waals surface area contributed by atoms with Gasteiger partial charge in [-0.05, 0) is 39.0 Å². The lowest BCUT2D eigenvalue weighted by atomic mass is 10.4. The lowest BCUT2D eigenvalue weighted by molar-refractivity contribution is 0.268.